The van der Waals surface area contributed by atoms with Gasteiger partial charge in [0.05, 0.1) is 18.3 Å². The van der Waals surface area contributed by atoms with Crippen LogP contribution in [0.25, 0.3) is 16.7 Å². The van der Waals surface area contributed by atoms with E-state index in [4.69, 9.17) is 4.74 Å². The summed E-state index contributed by atoms with van der Waals surface area (Å²) in [5, 5.41) is 8.26. The number of nitrogens with zero attached hydrogens (tertiary/aromatic N) is 4. The van der Waals surface area contributed by atoms with E-state index in [1.54, 1.807) is 6.92 Å². The molecule has 3 rings (SSSR count). The van der Waals surface area contributed by atoms with Crippen LogP contribution in [0.5, 0.6) is 0 Å². The van der Waals surface area contributed by atoms with Crippen molar-refractivity contribution in [2.24, 2.45) is 0 Å². The van der Waals surface area contributed by atoms with Crippen molar-refractivity contribution in [1.82, 2.24) is 19.7 Å². The Balaban J connectivity index is 1.91. The topological polar surface area (TPSA) is 89.4 Å². The van der Waals surface area contributed by atoms with E-state index >= 15 is 0 Å². The first-order valence-corrected chi connectivity index (χ1v) is 11.0. The summed E-state index contributed by atoms with van der Waals surface area (Å²) in [5.41, 5.74) is 2.03. The quantitative estimate of drug-likeness (QED) is 0.483. The second kappa shape index (κ2) is 10.9. The molecule has 0 atom stereocenters. The number of unbranched alkanes of at least 4 members (excludes halogenated alkanes) is 1. The van der Waals surface area contributed by atoms with Gasteiger partial charge in [-0.15, -0.1) is 0 Å². The largest absolute Gasteiger partial charge is 0.462 e. The molecule has 2 heterocycles. The Morgan fingerprint density at radius 2 is 1.97 bits per heavy atom. The SMILES string of the molecule is CCCCN(C)CCC(=O)Nc1c(C(=O)OCC)cnn1-c1cc(C)c2ccccc2n1. The fraction of sp³-hybridized carbons (Fsp3) is 0.417. The van der Waals surface area contributed by atoms with Gasteiger partial charge in [-0.3, -0.25) is 4.79 Å². The number of para-hydroxylation sites is 1. The Bertz CT molecular complexity index is 1090. The van der Waals surface area contributed by atoms with E-state index in [0.29, 0.717) is 18.8 Å². The monoisotopic (exact) mass is 437 g/mol. The normalized spacial score (nSPS) is 11.2. The lowest BCUT2D eigenvalue weighted by Gasteiger charge is -2.16. The molecular weight excluding hydrogens is 406 g/mol. The van der Waals surface area contributed by atoms with Gasteiger partial charge in [0.15, 0.2) is 11.6 Å². The molecule has 32 heavy (non-hydrogen) atoms. The molecule has 0 radical (unpaired) electrons. The maximum Gasteiger partial charge on any atom is 0.343 e. The maximum absolute atomic E-state index is 12.7. The molecule has 1 amide bonds. The molecule has 8 heteroatoms. The summed E-state index contributed by atoms with van der Waals surface area (Å²) >= 11 is 0. The van der Waals surface area contributed by atoms with Crippen LogP contribution < -0.4 is 5.32 Å². The number of hydrogen-bond donors (Lipinski definition) is 1. The van der Waals surface area contributed by atoms with Crippen LogP contribution >= 0.6 is 0 Å². The van der Waals surface area contributed by atoms with Crippen molar-refractivity contribution < 1.29 is 14.3 Å². The van der Waals surface area contributed by atoms with Crippen LogP contribution in [0.15, 0.2) is 36.5 Å². The maximum atomic E-state index is 12.7. The van der Waals surface area contributed by atoms with Crippen molar-refractivity contribution in [2.75, 3.05) is 32.1 Å². The van der Waals surface area contributed by atoms with Gasteiger partial charge in [-0.25, -0.2) is 9.78 Å². The number of carbonyl (C=O) groups is 2. The molecule has 2 aromatic heterocycles. The molecule has 0 aliphatic heterocycles. The third kappa shape index (κ3) is 5.50. The summed E-state index contributed by atoms with van der Waals surface area (Å²) in [6, 6.07) is 9.70. The van der Waals surface area contributed by atoms with Crippen molar-refractivity contribution in [3.8, 4) is 5.82 Å². The number of rotatable bonds is 10. The number of pyridine rings is 1. The number of benzene rings is 1. The van der Waals surface area contributed by atoms with Gasteiger partial charge in [0.2, 0.25) is 5.91 Å². The Morgan fingerprint density at radius 3 is 2.72 bits per heavy atom. The van der Waals surface area contributed by atoms with E-state index in [9.17, 15) is 9.59 Å². The minimum atomic E-state index is -0.536. The molecular formula is C24H31N5O3. The first-order chi connectivity index (χ1) is 15.4. The first-order valence-electron chi connectivity index (χ1n) is 11.0. The standard InChI is InChI=1S/C24H31N5O3/c1-5-7-13-28(4)14-12-22(30)27-23-19(24(31)32-6-2)16-25-29(23)21-15-17(3)18-10-8-9-11-20(18)26-21/h8-11,15-16H,5-7,12-14H2,1-4H3,(H,27,30). The number of fused-ring (bicyclic) bond motifs is 1. The highest BCUT2D eigenvalue weighted by molar-refractivity contribution is 6.00. The zero-order valence-electron chi connectivity index (χ0n) is 19.2. The highest BCUT2D eigenvalue weighted by Gasteiger charge is 2.22. The summed E-state index contributed by atoms with van der Waals surface area (Å²) in [5.74, 6) is 0.0590. The van der Waals surface area contributed by atoms with Crippen LogP contribution in [-0.2, 0) is 9.53 Å². The van der Waals surface area contributed by atoms with Crippen molar-refractivity contribution in [2.45, 2.75) is 40.0 Å². The number of esters is 1. The molecule has 0 aliphatic rings. The highest BCUT2D eigenvalue weighted by Crippen LogP contribution is 2.24. The van der Waals surface area contributed by atoms with Gasteiger partial charge in [-0.05, 0) is 51.6 Å². The van der Waals surface area contributed by atoms with E-state index in [1.165, 1.54) is 10.9 Å². The third-order valence-electron chi connectivity index (χ3n) is 5.26. The summed E-state index contributed by atoms with van der Waals surface area (Å²) in [6.07, 6.45) is 3.91. The summed E-state index contributed by atoms with van der Waals surface area (Å²) in [7, 11) is 2.00. The fourth-order valence-electron chi connectivity index (χ4n) is 3.47. The zero-order valence-corrected chi connectivity index (χ0v) is 19.2. The molecule has 170 valence electrons. The van der Waals surface area contributed by atoms with Crippen LogP contribution in [0, 0.1) is 6.92 Å². The average Bonchev–Trinajstić information content (AvgIpc) is 3.20. The first kappa shape index (κ1) is 23.4. The Morgan fingerprint density at radius 1 is 1.19 bits per heavy atom. The minimum absolute atomic E-state index is 0.196. The van der Waals surface area contributed by atoms with Crippen molar-refractivity contribution in [1.29, 1.82) is 0 Å². The lowest BCUT2D eigenvalue weighted by molar-refractivity contribution is -0.116. The highest BCUT2D eigenvalue weighted by atomic mass is 16.5. The number of carbonyl (C=O) groups excluding carboxylic acids is 2. The molecule has 0 saturated carbocycles. The van der Waals surface area contributed by atoms with Gasteiger partial charge in [0.1, 0.15) is 5.56 Å². The smallest absolute Gasteiger partial charge is 0.343 e. The van der Waals surface area contributed by atoms with Gasteiger partial charge in [0.25, 0.3) is 0 Å². The number of hydrogen-bond acceptors (Lipinski definition) is 6. The summed E-state index contributed by atoms with van der Waals surface area (Å²) in [4.78, 5) is 32.0. The van der Waals surface area contributed by atoms with Crippen LogP contribution in [0.1, 0.15) is 49.0 Å². The molecule has 1 N–H and O–H groups in total. The number of anilines is 1. The minimum Gasteiger partial charge on any atom is -0.462 e. The van der Waals surface area contributed by atoms with Crippen LogP contribution in [0.2, 0.25) is 0 Å². The third-order valence-corrected chi connectivity index (χ3v) is 5.26. The van der Waals surface area contributed by atoms with E-state index in [0.717, 1.165) is 35.9 Å². The number of amides is 1. The predicted molar refractivity (Wildman–Crippen MR) is 125 cm³/mol. The summed E-state index contributed by atoms with van der Waals surface area (Å²) in [6.45, 7) is 7.67. The Labute approximate surface area is 188 Å². The van der Waals surface area contributed by atoms with E-state index in [2.05, 4.69) is 27.2 Å². The van der Waals surface area contributed by atoms with Gasteiger partial charge in [0, 0.05) is 18.4 Å². The van der Waals surface area contributed by atoms with Gasteiger partial charge < -0.3 is 15.0 Å². The number of aryl methyl sites for hydroxylation is 1. The molecule has 0 bridgehead atoms. The number of nitrogens with one attached hydrogen (secondary N) is 1. The molecule has 3 aromatic rings. The fourth-order valence-corrected chi connectivity index (χ4v) is 3.47. The zero-order chi connectivity index (χ0) is 23.1. The molecule has 1 aromatic carbocycles. The van der Waals surface area contributed by atoms with E-state index < -0.39 is 5.97 Å². The molecule has 0 fully saturated rings. The Hall–Kier alpha value is -3.26. The number of ether oxygens (including phenoxy) is 1. The van der Waals surface area contributed by atoms with Crippen molar-refractivity contribution in [3.63, 3.8) is 0 Å². The number of aromatic nitrogens is 3. The van der Waals surface area contributed by atoms with Crippen LogP contribution in [0.4, 0.5) is 5.82 Å². The molecule has 0 aliphatic carbocycles. The van der Waals surface area contributed by atoms with Gasteiger partial charge in [-0.1, -0.05) is 31.5 Å². The second-order valence-corrected chi connectivity index (χ2v) is 7.81. The van der Waals surface area contributed by atoms with Gasteiger partial charge in [-0.2, -0.15) is 9.78 Å². The predicted octanol–water partition coefficient (Wildman–Crippen LogP) is 3.97. The second-order valence-electron chi connectivity index (χ2n) is 7.81. The van der Waals surface area contributed by atoms with Crippen LogP contribution in [0.3, 0.4) is 0 Å². The van der Waals surface area contributed by atoms with Crippen molar-refractivity contribution in [3.05, 3.63) is 47.7 Å². The lowest BCUT2D eigenvalue weighted by Crippen LogP contribution is -2.26. The van der Waals surface area contributed by atoms with E-state index in [-0.39, 0.29) is 23.9 Å². The van der Waals surface area contributed by atoms with Crippen LogP contribution in [-0.4, -0.2) is 58.3 Å². The molecule has 0 saturated heterocycles. The molecule has 0 spiro atoms. The Kier molecular flexibility index (Phi) is 7.94. The van der Waals surface area contributed by atoms with Gasteiger partial charge >= 0.3 is 5.97 Å². The average molecular weight is 438 g/mol. The van der Waals surface area contributed by atoms with Crippen molar-refractivity contribution >= 4 is 28.6 Å². The molecule has 0 unspecified atom stereocenters. The molecule has 8 nitrogen and oxygen atoms in total. The lowest BCUT2D eigenvalue weighted by atomic mass is 10.1. The van der Waals surface area contributed by atoms with E-state index in [1.807, 2.05) is 44.3 Å². The summed E-state index contributed by atoms with van der Waals surface area (Å²) < 4.78 is 6.65.